The lowest BCUT2D eigenvalue weighted by Crippen LogP contribution is -2.28. The minimum atomic E-state index is -0.116. The van der Waals surface area contributed by atoms with Crippen LogP contribution in [0.5, 0.6) is 0 Å². The number of aliphatic hydroxyl groups excluding tert-OH is 1. The maximum Gasteiger partial charge on any atom is 0.0626 e. The molecule has 110 valence electrons. The number of hydrogen-bond acceptors (Lipinski definition) is 2. The molecule has 0 aliphatic heterocycles. The third-order valence-corrected chi connectivity index (χ3v) is 3.68. The van der Waals surface area contributed by atoms with Crippen LogP contribution in [0, 0.1) is 0 Å². The van der Waals surface area contributed by atoms with Crippen LogP contribution < -0.4 is 5.32 Å². The van der Waals surface area contributed by atoms with Gasteiger partial charge in [-0.1, -0.05) is 60.1 Å². The van der Waals surface area contributed by atoms with Crippen molar-refractivity contribution < 1.29 is 5.11 Å². The molecule has 0 aliphatic carbocycles. The molecule has 0 amide bonds. The Morgan fingerprint density at radius 3 is 2.38 bits per heavy atom. The molecule has 3 heteroatoms. The van der Waals surface area contributed by atoms with E-state index in [-0.39, 0.29) is 18.7 Å². The van der Waals surface area contributed by atoms with Crippen LogP contribution in [0.2, 0.25) is 5.02 Å². The van der Waals surface area contributed by atoms with Crippen molar-refractivity contribution in [2.45, 2.75) is 18.5 Å². The number of rotatable bonds is 7. The van der Waals surface area contributed by atoms with Gasteiger partial charge in [0.1, 0.15) is 0 Å². The summed E-state index contributed by atoms with van der Waals surface area (Å²) in [5, 5.41) is 13.9. The molecular weight excluding hydrogens is 282 g/mol. The van der Waals surface area contributed by atoms with Crippen molar-refractivity contribution in [2.75, 3.05) is 6.61 Å². The quantitative estimate of drug-likeness (QED) is 0.748. The third-order valence-electron chi connectivity index (χ3n) is 3.44. The van der Waals surface area contributed by atoms with Gasteiger partial charge in [-0.3, -0.25) is 0 Å². The monoisotopic (exact) mass is 301 g/mol. The molecule has 2 atom stereocenters. The van der Waals surface area contributed by atoms with Crippen molar-refractivity contribution in [1.82, 2.24) is 5.32 Å². The van der Waals surface area contributed by atoms with E-state index in [9.17, 15) is 5.11 Å². The summed E-state index contributed by atoms with van der Waals surface area (Å²) in [5.74, 6) is 0. The first-order valence-corrected chi connectivity index (χ1v) is 7.40. The molecule has 2 rings (SSSR count). The highest BCUT2D eigenvalue weighted by Gasteiger charge is 2.17. The van der Waals surface area contributed by atoms with Crippen LogP contribution in [0.25, 0.3) is 0 Å². The molecule has 0 fully saturated rings. The zero-order valence-corrected chi connectivity index (χ0v) is 12.6. The molecular formula is C18H20ClNO. The van der Waals surface area contributed by atoms with Crippen LogP contribution in [0.15, 0.2) is 67.3 Å². The second kappa shape index (κ2) is 7.99. The fourth-order valence-electron chi connectivity index (χ4n) is 2.37. The molecule has 21 heavy (non-hydrogen) atoms. The lowest BCUT2D eigenvalue weighted by atomic mass is 10.0. The zero-order chi connectivity index (χ0) is 15.1. The summed E-state index contributed by atoms with van der Waals surface area (Å²) in [6.07, 6.45) is 2.64. The second-order valence-corrected chi connectivity index (χ2v) is 5.38. The number of halogens is 1. The van der Waals surface area contributed by atoms with Crippen molar-refractivity contribution in [2.24, 2.45) is 0 Å². The van der Waals surface area contributed by atoms with Gasteiger partial charge in [0.25, 0.3) is 0 Å². The van der Waals surface area contributed by atoms with Crippen LogP contribution in [-0.2, 0) is 0 Å². The Labute approximate surface area is 131 Å². The maximum absolute atomic E-state index is 9.68. The van der Waals surface area contributed by atoms with E-state index in [1.807, 2.05) is 60.7 Å². The summed E-state index contributed by atoms with van der Waals surface area (Å²) in [6.45, 7) is 3.86. The van der Waals surface area contributed by atoms with Crippen molar-refractivity contribution in [3.8, 4) is 0 Å². The van der Waals surface area contributed by atoms with Crippen molar-refractivity contribution in [3.63, 3.8) is 0 Å². The largest absolute Gasteiger partial charge is 0.394 e. The van der Waals surface area contributed by atoms with Crippen LogP contribution >= 0.6 is 11.6 Å². The van der Waals surface area contributed by atoms with Crippen molar-refractivity contribution in [1.29, 1.82) is 0 Å². The normalized spacial score (nSPS) is 13.6. The SMILES string of the molecule is C=CC[C@@H](N[C@@H](CO)c1ccccc1)c1cccc(Cl)c1. The molecule has 0 saturated heterocycles. The van der Waals surface area contributed by atoms with Crippen molar-refractivity contribution >= 4 is 11.6 Å². The number of hydrogen-bond donors (Lipinski definition) is 2. The molecule has 2 aromatic carbocycles. The van der Waals surface area contributed by atoms with Crippen LogP contribution in [0.3, 0.4) is 0 Å². The highest BCUT2D eigenvalue weighted by Crippen LogP contribution is 2.24. The molecule has 0 heterocycles. The van der Waals surface area contributed by atoms with Crippen LogP contribution in [0.4, 0.5) is 0 Å². The lowest BCUT2D eigenvalue weighted by molar-refractivity contribution is 0.233. The minimum Gasteiger partial charge on any atom is -0.394 e. The Balaban J connectivity index is 2.20. The van der Waals surface area contributed by atoms with E-state index in [4.69, 9.17) is 11.6 Å². The second-order valence-electron chi connectivity index (χ2n) is 4.94. The molecule has 2 N–H and O–H groups in total. The van der Waals surface area contributed by atoms with Crippen LogP contribution in [0.1, 0.15) is 29.6 Å². The van der Waals surface area contributed by atoms with Gasteiger partial charge in [-0.05, 0) is 29.7 Å². The first-order chi connectivity index (χ1) is 10.2. The third kappa shape index (κ3) is 4.43. The Hall–Kier alpha value is -1.61. The topological polar surface area (TPSA) is 32.3 Å². The van der Waals surface area contributed by atoms with Gasteiger partial charge in [0.05, 0.1) is 12.6 Å². The molecule has 2 nitrogen and oxygen atoms in total. The summed E-state index contributed by atoms with van der Waals surface area (Å²) in [7, 11) is 0. The molecule has 2 aromatic rings. The Kier molecular flexibility index (Phi) is 6.00. The summed E-state index contributed by atoms with van der Waals surface area (Å²) in [5.41, 5.74) is 2.16. The molecule has 0 unspecified atom stereocenters. The van der Waals surface area contributed by atoms with E-state index < -0.39 is 0 Å². The van der Waals surface area contributed by atoms with E-state index in [0.717, 1.165) is 17.5 Å². The average Bonchev–Trinajstić information content (AvgIpc) is 2.52. The standard InChI is InChI=1S/C18H20ClNO/c1-2-7-17(15-10-6-11-16(19)12-15)20-18(13-21)14-8-4-3-5-9-14/h2-6,8-12,17-18,20-21H,1,7,13H2/t17-,18+/m1/s1. The molecule has 0 radical (unpaired) electrons. The van der Waals surface area contributed by atoms with E-state index in [2.05, 4.69) is 11.9 Å². The highest BCUT2D eigenvalue weighted by molar-refractivity contribution is 6.30. The van der Waals surface area contributed by atoms with E-state index in [0.29, 0.717) is 5.02 Å². The Morgan fingerprint density at radius 1 is 1.05 bits per heavy atom. The molecule has 0 saturated carbocycles. The van der Waals surface area contributed by atoms with Gasteiger partial charge < -0.3 is 10.4 Å². The first-order valence-electron chi connectivity index (χ1n) is 7.02. The van der Waals surface area contributed by atoms with E-state index >= 15 is 0 Å². The Morgan fingerprint density at radius 2 is 1.76 bits per heavy atom. The van der Waals surface area contributed by atoms with Crippen molar-refractivity contribution in [3.05, 3.63) is 83.4 Å². The van der Waals surface area contributed by atoms with Crippen LogP contribution in [-0.4, -0.2) is 11.7 Å². The van der Waals surface area contributed by atoms with Gasteiger partial charge >= 0.3 is 0 Å². The van der Waals surface area contributed by atoms with Gasteiger partial charge in [-0.2, -0.15) is 0 Å². The van der Waals surface area contributed by atoms with Gasteiger partial charge in [0.15, 0.2) is 0 Å². The van der Waals surface area contributed by atoms with Gasteiger partial charge in [0, 0.05) is 11.1 Å². The minimum absolute atomic E-state index is 0.0399. The Bertz CT molecular complexity index is 570. The lowest BCUT2D eigenvalue weighted by Gasteiger charge is -2.25. The molecule has 0 bridgehead atoms. The van der Waals surface area contributed by atoms with Gasteiger partial charge in [0.2, 0.25) is 0 Å². The first kappa shape index (κ1) is 15.8. The van der Waals surface area contributed by atoms with E-state index in [1.165, 1.54) is 0 Å². The molecule has 0 aromatic heterocycles. The summed E-state index contributed by atoms with van der Waals surface area (Å²) in [4.78, 5) is 0. The predicted octanol–water partition coefficient (Wildman–Crippen LogP) is 4.28. The zero-order valence-electron chi connectivity index (χ0n) is 11.9. The highest BCUT2D eigenvalue weighted by atomic mass is 35.5. The van der Waals surface area contributed by atoms with Gasteiger partial charge in [-0.15, -0.1) is 6.58 Å². The average molecular weight is 302 g/mol. The maximum atomic E-state index is 9.68. The fourth-order valence-corrected chi connectivity index (χ4v) is 2.57. The summed E-state index contributed by atoms with van der Waals surface area (Å²) in [6, 6.07) is 17.7. The number of aliphatic hydroxyl groups is 1. The molecule has 0 aliphatic rings. The van der Waals surface area contributed by atoms with E-state index in [1.54, 1.807) is 0 Å². The smallest absolute Gasteiger partial charge is 0.0626 e. The fraction of sp³-hybridized carbons (Fsp3) is 0.222. The summed E-state index contributed by atoms with van der Waals surface area (Å²) >= 11 is 6.07. The predicted molar refractivity (Wildman–Crippen MR) is 88.4 cm³/mol. The van der Waals surface area contributed by atoms with Gasteiger partial charge in [-0.25, -0.2) is 0 Å². The number of benzene rings is 2. The molecule has 0 spiro atoms. The number of nitrogens with one attached hydrogen (secondary N) is 1. The summed E-state index contributed by atoms with van der Waals surface area (Å²) < 4.78 is 0.